The van der Waals surface area contributed by atoms with Crippen molar-refractivity contribution in [3.05, 3.63) is 11.9 Å². The molecular weight excluding hydrogens is 228 g/mol. The molecule has 98 valence electrons. The predicted octanol–water partition coefficient (Wildman–Crippen LogP) is 1.92. The molecule has 2 fully saturated rings. The van der Waals surface area contributed by atoms with E-state index in [4.69, 9.17) is 10.5 Å². The van der Waals surface area contributed by atoms with Gasteiger partial charge in [-0.05, 0) is 33.1 Å². The van der Waals surface area contributed by atoms with Crippen molar-refractivity contribution in [3.8, 4) is 0 Å². The Bertz CT molecular complexity index is 460. The summed E-state index contributed by atoms with van der Waals surface area (Å²) >= 11 is 0. The summed E-state index contributed by atoms with van der Waals surface area (Å²) in [6.07, 6.45) is 3.52. The van der Waals surface area contributed by atoms with E-state index in [1.165, 1.54) is 12.8 Å². The molecule has 5 nitrogen and oxygen atoms in total. The number of aromatic nitrogens is 2. The molecule has 2 unspecified atom stereocenters. The fourth-order valence-corrected chi connectivity index (χ4v) is 2.37. The van der Waals surface area contributed by atoms with Crippen LogP contribution in [-0.2, 0) is 4.74 Å². The Kier molecular flexibility index (Phi) is 2.66. The Morgan fingerprint density at radius 3 is 2.83 bits per heavy atom. The Morgan fingerprint density at radius 2 is 2.22 bits per heavy atom. The van der Waals surface area contributed by atoms with Gasteiger partial charge in [0.1, 0.15) is 17.5 Å². The van der Waals surface area contributed by atoms with Crippen LogP contribution < -0.4 is 11.1 Å². The number of nitrogens with one attached hydrogen (secondary N) is 1. The molecule has 1 aliphatic heterocycles. The number of nitrogens with zero attached hydrogens (tertiary/aromatic N) is 2. The van der Waals surface area contributed by atoms with Crippen LogP contribution in [0, 0.1) is 0 Å². The second-order valence-electron chi connectivity index (χ2n) is 5.62. The van der Waals surface area contributed by atoms with Gasteiger partial charge in [0, 0.05) is 18.6 Å². The van der Waals surface area contributed by atoms with Crippen LogP contribution in [0.25, 0.3) is 0 Å². The minimum absolute atomic E-state index is 0.0678. The second kappa shape index (κ2) is 4.09. The molecule has 2 heterocycles. The van der Waals surface area contributed by atoms with Crippen molar-refractivity contribution in [2.75, 3.05) is 17.7 Å². The zero-order valence-electron chi connectivity index (χ0n) is 10.9. The van der Waals surface area contributed by atoms with E-state index in [0.29, 0.717) is 11.7 Å². The fraction of sp³-hybridized carbons (Fsp3) is 0.692. The monoisotopic (exact) mass is 248 g/mol. The predicted molar refractivity (Wildman–Crippen MR) is 70.5 cm³/mol. The standard InChI is InChI=1S/C13H20N4O/c1-8-13(2,5-6-18-8)17-11-7-10(14)15-12(16-11)9-3-4-9/h7-9H,3-6H2,1-2H3,(H3,14,15,16,17). The van der Waals surface area contributed by atoms with Gasteiger partial charge in [0.2, 0.25) is 0 Å². The molecule has 0 radical (unpaired) electrons. The maximum Gasteiger partial charge on any atom is 0.136 e. The van der Waals surface area contributed by atoms with Crippen molar-refractivity contribution < 1.29 is 4.74 Å². The summed E-state index contributed by atoms with van der Waals surface area (Å²) in [6.45, 7) is 5.05. The van der Waals surface area contributed by atoms with Crippen molar-refractivity contribution in [3.63, 3.8) is 0 Å². The molecule has 2 aliphatic rings. The first kappa shape index (κ1) is 11.7. The average molecular weight is 248 g/mol. The summed E-state index contributed by atoms with van der Waals surface area (Å²) < 4.78 is 5.62. The molecule has 3 rings (SSSR count). The van der Waals surface area contributed by atoms with Gasteiger partial charge < -0.3 is 15.8 Å². The quantitative estimate of drug-likeness (QED) is 0.855. The van der Waals surface area contributed by atoms with Crippen molar-refractivity contribution in [1.29, 1.82) is 0 Å². The molecule has 0 spiro atoms. The molecule has 2 atom stereocenters. The molecule has 0 aromatic carbocycles. The molecule has 0 amide bonds. The number of nitrogens with two attached hydrogens (primary N) is 1. The van der Waals surface area contributed by atoms with Gasteiger partial charge in [0.15, 0.2) is 0 Å². The fourth-order valence-electron chi connectivity index (χ4n) is 2.37. The highest BCUT2D eigenvalue weighted by atomic mass is 16.5. The van der Waals surface area contributed by atoms with Crippen LogP contribution in [0.1, 0.15) is 44.9 Å². The van der Waals surface area contributed by atoms with Gasteiger partial charge in [0.25, 0.3) is 0 Å². The van der Waals surface area contributed by atoms with Gasteiger partial charge >= 0.3 is 0 Å². The molecule has 1 saturated heterocycles. The lowest BCUT2D eigenvalue weighted by molar-refractivity contribution is 0.105. The van der Waals surface area contributed by atoms with E-state index in [1.54, 1.807) is 0 Å². The van der Waals surface area contributed by atoms with Gasteiger partial charge in [-0.2, -0.15) is 0 Å². The van der Waals surface area contributed by atoms with Crippen LogP contribution in [0.3, 0.4) is 0 Å². The highest BCUT2D eigenvalue weighted by Crippen LogP contribution is 2.39. The lowest BCUT2D eigenvalue weighted by atomic mass is 9.95. The minimum Gasteiger partial charge on any atom is -0.384 e. The smallest absolute Gasteiger partial charge is 0.136 e. The average Bonchev–Trinajstić information content (AvgIpc) is 3.07. The third kappa shape index (κ3) is 2.14. The number of rotatable bonds is 3. The lowest BCUT2D eigenvalue weighted by Crippen LogP contribution is -2.41. The number of nitrogen functional groups attached to an aromatic ring is 1. The van der Waals surface area contributed by atoms with Gasteiger partial charge in [-0.15, -0.1) is 0 Å². The molecular formula is C13H20N4O. The van der Waals surface area contributed by atoms with Crippen LogP contribution in [0.4, 0.5) is 11.6 Å². The van der Waals surface area contributed by atoms with E-state index in [0.717, 1.165) is 24.7 Å². The van der Waals surface area contributed by atoms with E-state index in [2.05, 4.69) is 29.1 Å². The van der Waals surface area contributed by atoms with Crippen molar-refractivity contribution >= 4 is 11.6 Å². The van der Waals surface area contributed by atoms with Crippen LogP contribution in [0.2, 0.25) is 0 Å². The molecule has 1 aromatic heterocycles. The Labute approximate surface area is 107 Å². The van der Waals surface area contributed by atoms with Gasteiger partial charge in [0.05, 0.1) is 11.6 Å². The normalized spacial score (nSPS) is 31.6. The molecule has 1 aromatic rings. The number of anilines is 2. The van der Waals surface area contributed by atoms with Crippen LogP contribution in [0.15, 0.2) is 6.07 Å². The summed E-state index contributed by atoms with van der Waals surface area (Å²) in [5, 5.41) is 3.47. The lowest BCUT2D eigenvalue weighted by Gasteiger charge is -2.29. The Hall–Kier alpha value is -1.36. The maximum absolute atomic E-state index is 5.85. The summed E-state index contributed by atoms with van der Waals surface area (Å²) in [5.74, 6) is 2.76. The zero-order chi connectivity index (χ0) is 12.8. The van der Waals surface area contributed by atoms with Crippen LogP contribution in [-0.4, -0.2) is 28.2 Å². The summed E-state index contributed by atoms with van der Waals surface area (Å²) in [6, 6.07) is 1.81. The van der Waals surface area contributed by atoms with E-state index in [-0.39, 0.29) is 11.6 Å². The molecule has 5 heteroatoms. The summed E-state index contributed by atoms with van der Waals surface area (Å²) in [4.78, 5) is 8.89. The van der Waals surface area contributed by atoms with E-state index in [9.17, 15) is 0 Å². The minimum atomic E-state index is -0.0678. The topological polar surface area (TPSA) is 73.1 Å². The highest BCUT2D eigenvalue weighted by Gasteiger charge is 2.37. The molecule has 1 aliphatic carbocycles. The van der Waals surface area contributed by atoms with Crippen LogP contribution >= 0.6 is 0 Å². The van der Waals surface area contributed by atoms with E-state index < -0.39 is 0 Å². The molecule has 0 bridgehead atoms. The number of hydrogen-bond acceptors (Lipinski definition) is 5. The van der Waals surface area contributed by atoms with Gasteiger partial charge in [-0.25, -0.2) is 9.97 Å². The van der Waals surface area contributed by atoms with Crippen LogP contribution in [0.5, 0.6) is 0 Å². The first-order valence-electron chi connectivity index (χ1n) is 6.61. The molecule has 18 heavy (non-hydrogen) atoms. The summed E-state index contributed by atoms with van der Waals surface area (Å²) in [7, 11) is 0. The maximum atomic E-state index is 5.85. The molecule has 3 N–H and O–H groups in total. The zero-order valence-corrected chi connectivity index (χ0v) is 10.9. The molecule has 1 saturated carbocycles. The SMILES string of the molecule is CC1OCCC1(C)Nc1cc(N)nc(C2CC2)n1. The van der Waals surface area contributed by atoms with E-state index >= 15 is 0 Å². The Morgan fingerprint density at radius 1 is 1.44 bits per heavy atom. The third-order valence-electron chi connectivity index (χ3n) is 4.01. The highest BCUT2D eigenvalue weighted by molar-refractivity contribution is 5.47. The second-order valence-corrected chi connectivity index (χ2v) is 5.62. The van der Waals surface area contributed by atoms with Crippen molar-refractivity contribution in [1.82, 2.24) is 9.97 Å². The third-order valence-corrected chi connectivity index (χ3v) is 4.01. The number of hydrogen-bond donors (Lipinski definition) is 2. The largest absolute Gasteiger partial charge is 0.384 e. The number of ether oxygens (including phenoxy) is 1. The van der Waals surface area contributed by atoms with Gasteiger partial charge in [-0.3, -0.25) is 0 Å². The first-order valence-corrected chi connectivity index (χ1v) is 6.61. The first-order chi connectivity index (χ1) is 8.57. The van der Waals surface area contributed by atoms with Gasteiger partial charge in [-0.1, -0.05) is 0 Å². The van der Waals surface area contributed by atoms with Crippen molar-refractivity contribution in [2.45, 2.75) is 50.7 Å². The van der Waals surface area contributed by atoms with Crippen molar-refractivity contribution in [2.24, 2.45) is 0 Å². The Balaban J connectivity index is 1.83. The van der Waals surface area contributed by atoms with E-state index in [1.807, 2.05) is 6.07 Å². The summed E-state index contributed by atoms with van der Waals surface area (Å²) in [5.41, 5.74) is 5.79.